The summed E-state index contributed by atoms with van der Waals surface area (Å²) < 4.78 is 34.9. The molecule has 0 aromatic heterocycles. The van der Waals surface area contributed by atoms with E-state index in [1.807, 2.05) is 0 Å². The molecule has 0 aliphatic carbocycles. The van der Waals surface area contributed by atoms with Gasteiger partial charge in [0.1, 0.15) is 6.04 Å². The molecule has 0 fully saturated rings. The Bertz CT molecular complexity index is 93.4. The number of rotatable bonds is 3. The van der Waals surface area contributed by atoms with Crippen LogP contribution >= 0.6 is 11.8 Å². The molecule has 0 spiro atoms. The molecule has 10 heavy (non-hydrogen) atoms. The number of halogens is 3. The highest BCUT2D eigenvalue weighted by Crippen LogP contribution is 2.21. The molecule has 0 aromatic rings. The van der Waals surface area contributed by atoms with Crippen LogP contribution in [0.15, 0.2) is 0 Å². The standard InChI is InChI=1S/C5H10F3NS/c1-10-3-2-4(9)5(6,7)8/h4H,2-3,9H2,1H3/t4-/m0/s1. The van der Waals surface area contributed by atoms with Gasteiger partial charge in [-0.15, -0.1) is 0 Å². The van der Waals surface area contributed by atoms with Crippen LogP contribution in [-0.2, 0) is 0 Å². The van der Waals surface area contributed by atoms with E-state index in [4.69, 9.17) is 5.73 Å². The molecule has 0 radical (unpaired) electrons. The number of alkyl halides is 3. The van der Waals surface area contributed by atoms with E-state index >= 15 is 0 Å². The van der Waals surface area contributed by atoms with Gasteiger partial charge in [0, 0.05) is 0 Å². The van der Waals surface area contributed by atoms with Gasteiger partial charge in [0.05, 0.1) is 0 Å². The molecule has 5 heteroatoms. The lowest BCUT2D eigenvalue weighted by atomic mass is 10.2. The fourth-order valence-electron chi connectivity index (χ4n) is 0.408. The van der Waals surface area contributed by atoms with E-state index in [0.29, 0.717) is 5.75 Å². The molecule has 0 heterocycles. The Balaban J connectivity index is 3.52. The normalized spacial score (nSPS) is 15.3. The minimum Gasteiger partial charge on any atom is -0.320 e. The second-order valence-corrected chi connectivity index (χ2v) is 2.92. The van der Waals surface area contributed by atoms with E-state index in [9.17, 15) is 13.2 Å². The van der Waals surface area contributed by atoms with E-state index in [0.717, 1.165) is 0 Å². The van der Waals surface area contributed by atoms with Crippen molar-refractivity contribution in [2.45, 2.75) is 18.6 Å². The van der Waals surface area contributed by atoms with E-state index in [-0.39, 0.29) is 6.42 Å². The van der Waals surface area contributed by atoms with Crippen molar-refractivity contribution in [3.05, 3.63) is 0 Å². The molecule has 0 aliphatic rings. The van der Waals surface area contributed by atoms with Crippen molar-refractivity contribution >= 4 is 11.8 Å². The van der Waals surface area contributed by atoms with Gasteiger partial charge in [-0.1, -0.05) is 0 Å². The van der Waals surface area contributed by atoms with Crippen LogP contribution in [0, 0.1) is 0 Å². The van der Waals surface area contributed by atoms with Gasteiger partial charge >= 0.3 is 6.18 Å². The average Bonchev–Trinajstić information content (AvgIpc) is 1.80. The van der Waals surface area contributed by atoms with Gasteiger partial charge in [0.2, 0.25) is 0 Å². The molecule has 0 aliphatic heterocycles. The average molecular weight is 173 g/mol. The highest BCUT2D eigenvalue weighted by Gasteiger charge is 2.35. The second-order valence-electron chi connectivity index (χ2n) is 1.93. The molecule has 0 bridgehead atoms. The molecule has 0 aromatic carbocycles. The van der Waals surface area contributed by atoms with E-state index in [1.165, 1.54) is 11.8 Å². The summed E-state index contributed by atoms with van der Waals surface area (Å²) in [7, 11) is 0. The van der Waals surface area contributed by atoms with Gasteiger partial charge < -0.3 is 5.73 Å². The van der Waals surface area contributed by atoms with Crippen LogP contribution in [0.5, 0.6) is 0 Å². The molecule has 1 atom stereocenters. The number of thioether (sulfide) groups is 1. The highest BCUT2D eigenvalue weighted by atomic mass is 32.2. The molecule has 2 N–H and O–H groups in total. The third kappa shape index (κ3) is 4.00. The first kappa shape index (κ1) is 10.1. The highest BCUT2D eigenvalue weighted by molar-refractivity contribution is 7.98. The maximum Gasteiger partial charge on any atom is 0.403 e. The summed E-state index contributed by atoms with van der Waals surface area (Å²) in [6.07, 6.45) is -2.47. The first-order valence-corrected chi connectivity index (χ1v) is 4.19. The largest absolute Gasteiger partial charge is 0.403 e. The number of nitrogens with two attached hydrogens (primary N) is 1. The fourth-order valence-corrected chi connectivity index (χ4v) is 0.898. The Morgan fingerprint density at radius 1 is 1.50 bits per heavy atom. The van der Waals surface area contributed by atoms with Gasteiger partial charge in [0.25, 0.3) is 0 Å². The van der Waals surface area contributed by atoms with Gasteiger partial charge in [-0.3, -0.25) is 0 Å². The third-order valence-electron chi connectivity index (χ3n) is 1.05. The zero-order valence-corrected chi connectivity index (χ0v) is 6.43. The summed E-state index contributed by atoms with van der Waals surface area (Å²) in [6.45, 7) is 0. The molecule has 1 nitrogen and oxygen atoms in total. The Hall–Kier alpha value is 0.100. The molecular formula is C5H10F3NS. The molecule has 62 valence electrons. The zero-order chi connectivity index (χ0) is 8.20. The van der Waals surface area contributed by atoms with E-state index in [2.05, 4.69) is 0 Å². The lowest BCUT2D eigenvalue weighted by Crippen LogP contribution is -2.37. The van der Waals surface area contributed by atoms with Crippen LogP contribution in [0.25, 0.3) is 0 Å². The first-order chi connectivity index (χ1) is 4.48. The van der Waals surface area contributed by atoms with Gasteiger partial charge in [-0.05, 0) is 18.4 Å². The summed E-state index contributed by atoms with van der Waals surface area (Å²) in [4.78, 5) is 0. The molecule has 0 saturated heterocycles. The van der Waals surface area contributed by atoms with Crippen molar-refractivity contribution < 1.29 is 13.2 Å². The summed E-state index contributed by atoms with van der Waals surface area (Å²) >= 11 is 1.37. The predicted octanol–water partition coefficient (Wildman–Crippen LogP) is 1.63. The van der Waals surface area contributed by atoms with Gasteiger partial charge in [-0.25, -0.2) is 0 Å². The lowest BCUT2D eigenvalue weighted by molar-refractivity contribution is -0.147. The molecule has 0 rings (SSSR count). The SMILES string of the molecule is CSCC[C@H](N)C(F)(F)F. The van der Waals surface area contributed by atoms with Crippen molar-refractivity contribution in [1.29, 1.82) is 0 Å². The van der Waals surface area contributed by atoms with Crippen molar-refractivity contribution in [2.24, 2.45) is 5.73 Å². The van der Waals surface area contributed by atoms with Crippen LogP contribution in [-0.4, -0.2) is 24.2 Å². The Morgan fingerprint density at radius 3 is 2.30 bits per heavy atom. The summed E-state index contributed by atoms with van der Waals surface area (Å²) in [6, 6.07) is -1.65. The summed E-state index contributed by atoms with van der Waals surface area (Å²) in [5.74, 6) is 0.459. The van der Waals surface area contributed by atoms with Crippen molar-refractivity contribution in [3.8, 4) is 0 Å². The topological polar surface area (TPSA) is 26.0 Å². The zero-order valence-electron chi connectivity index (χ0n) is 5.61. The molecule has 0 unspecified atom stereocenters. The maximum absolute atomic E-state index is 11.6. The number of hydrogen-bond acceptors (Lipinski definition) is 2. The van der Waals surface area contributed by atoms with E-state index in [1.54, 1.807) is 6.26 Å². The molecule has 0 saturated carbocycles. The first-order valence-electron chi connectivity index (χ1n) is 2.79. The Kier molecular flexibility index (Phi) is 4.12. The smallest absolute Gasteiger partial charge is 0.320 e. The fraction of sp³-hybridized carbons (Fsp3) is 1.00. The maximum atomic E-state index is 11.6. The van der Waals surface area contributed by atoms with E-state index < -0.39 is 12.2 Å². The molecular weight excluding hydrogens is 163 g/mol. The van der Waals surface area contributed by atoms with Crippen molar-refractivity contribution in [2.75, 3.05) is 12.0 Å². The number of hydrogen-bond donors (Lipinski definition) is 1. The second kappa shape index (κ2) is 4.08. The van der Waals surface area contributed by atoms with Gasteiger partial charge in [-0.2, -0.15) is 24.9 Å². The quantitative estimate of drug-likeness (QED) is 0.702. The van der Waals surface area contributed by atoms with Crippen molar-refractivity contribution in [3.63, 3.8) is 0 Å². The monoisotopic (exact) mass is 173 g/mol. The summed E-state index contributed by atoms with van der Waals surface area (Å²) in [5.41, 5.74) is 4.80. The van der Waals surface area contributed by atoms with Crippen LogP contribution in [0.1, 0.15) is 6.42 Å². The molecule has 0 amide bonds. The van der Waals surface area contributed by atoms with Crippen LogP contribution in [0.3, 0.4) is 0 Å². The summed E-state index contributed by atoms with van der Waals surface area (Å²) in [5, 5.41) is 0. The Labute approximate surface area is 62.2 Å². The third-order valence-corrected chi connectivity index (χ3v) is 1.70. The van der Waals surface area contributed by atoms with Crippen LogP contribution < -0.4 is 5.73 Å². The minimum absolute atomic E-state index is 0.00463. The van der Waals surface area contributed by atoms with Gasteiger partial charge in [0.15, 0.2) is 0 Å². The predicted molar refractivity (Wildman–Crippen MR) is 37.0 cm³/mol. The van der Waals surface area contributed by atoms with Crippen molar-refractivity contribution in [1.82, 2.24) is 0 Å². The Morgan fingerprint density at radius 2 is 2.00 bits per heavy atom. The minimum atomic E-state index is -4.23. The lowest BCUT2D eigenvalue weighted by Gasteiger charge is -2.13. The van der Waals surface area contributed by atoms with Crippen LogP contribution in [0.2, 0.25) is 0 Å². The van der Waals surface area contributed by atoms with Crippen LogP contribution in [0.4, 0.5) is 13.2 Å².